The van der Waals surface area contributed by atoms with Crippen LogP contribution in [0.5, 0.6) is 0 Å². The first kappa shape index (κ1) is 21.2. The molecule has 1 aromatic rings. The SMILES string of the molecule is CN1CCN(C(=O)[C@H](O)[C@H](Cc2ccccc2)NC(=O)OC(C)(C)C)CC1. The third kappa shape index (κ3) is 6.84. The smallest absolute Gasteiger partial charge is 0.407 e. The fourth-order valence-corrected chi connectivity index (χ4v) is 2.95. The van der Waals surface area contributed by atoms with Crippen LogP contribution in [0, 0.1) is 0 Å². The Labute approximate surface area is 161 Å². The van der Waals surface area contributed by atoms with Gasteiger partial charge in [-0.1, -0.05) is 30.3 Å². The minimum Gasteiger partial charge on any atom is -0.444 e. The van der Waals surface area contributed by atoms with Gasteiger partial charge in [0.25, 0.3) is 5.91 Å². The van der Waals surface area contributed by atoms with E-state index in [9.17, 15) is 14.7 Å². The van der Waals surface area contributed by atoms with Crippen LogP contribution < -0.4 is 5.32 Å². The Bertz CT molecular complexity index is 622. The molecule has 0 aliphatic carbocycles. The first-order valence-electron chi connectivity index (χ1n) is 9.34. The van der Waals surface area contributed by atoms with Gasteiger partial charge in [0.05, 0.1) is 6.04 Å². The van der Waals surface area contributed by atoms with Crippen molar-refractivity contribution in [3.63, 3.8) is 0 Å². The highest BCUT2D eigenvalue weighted by Gasteiger charge is 2.33. The summed E-state index contributed by atoms with van der Waals surface area (Å²) in [5, 5.41) is 13.4. The van der Waals surface area contributed by atoms with E-state index in [4.69, 9.17) is 4.74 Å². The van der Waals surface area contributed by atoms with E-state index >= 15 is 0 Å². The van der Waals surface area contributed by atoms with E-state index < -0.39 is 23.8 Å². The minimum atomic E-state index is -1.33. The number of nitrogens with zero attached hydrogens (tertiary/aromatic N) is 2. The number of nitrogens with one attached hydrogen (secondary N) is 1. The van der Waals surface area contributed by atoms with E-state index in [2.05, 4.69) is 10.2 Å². The van der Waals surface area contributed by atoms with E-state index in [-0.39, 0.29) is 5.91 Å². The fraction of sp³-hybridized carbons (Fsp3) is 0.600. The molecular weight excluding hydrogens is 346 g/mol. The second kappa shape index (κ2) is 9.19. The zero-order valence-electron chi connectivity index (χ0n) is 16.6. The summed E-state index contributed by atoms with van der Waals surface area (Å²) in [5.74, 6) is -0.361. The van der Waals surface area contributed by atoms with Crippen LogP contribution >= 0.6 is 0 Å². The quantitative estimate of drug-likeness (QED) is 0.807. The molecule has 7 heteroatoms. The lowest BCUT2D eigenvalue weighted by molar-refractivity contribution is -0.143. The van der Waals surface area contributed by atoms with Crippen LogP contribution in [0.1, 0.15) is 26.3 Å². The standard InChI is InChI=1S/C20H31N3O4/c1-20(2,3)27-19(26)21-16(14-15-8-6-5-7-9-15)17(24)18(25)23-12-10-22(4)11-13-23/h5-9,16-17,24H,10-14H2,1-4H3,(H,21,26)/t16-,17+/m0/s1. The predicted molar refractivity (Wildman–Crippen MR) is 103 cm³/mol. The van der Waals surface area contributed by atoms with Gasteiger partial charge >= 0.3 is 6.09 Å². The number of hydrogen-bond acceptors (Lipinski definition) is 5. The number of ether oxygens (including phenoxy) is 1. The van der Waals surface area contributed by atoms with Crippen molar-refractivity contribution >= 4 is 12.0 Å². The molecule has 0 saturated carbocycles. The molecule has 2 amide bonds. The van der Waals surface area contributed by atoms with E-state index in [1.54, 1.807) is 25.7 Å². The van der Waals surface area contributed by atoms with Crippen molar-refractivity contribution in [1.29, 1.82) is 0 Å². The van der Waals surface area contributed by atoms with Gasteiger partial charge in [-0.3, -0.25) is 4.79 Å². The number of likely N-dealkylation sites (N-methyl/N-ethyl adjacent to an activating group) is 1. The highest BCUT2D eigenvalue weighted by molar-refractivity contribution is 5.82. The predicted octanol–water partition coefficient (Wildman–Crippen LogP) is 1.26. The molecular formula is C20H31N3O4. The van der Waals surface area contributed by atoms with Gasteiger partial charge in [-0.25, -0.2) is 4.79 Å². The van der Waals surface area contributed by atoms with Gasteiger partial charge in [0.1, 0.15) is 5.60 Å². The lowest BCUT2D eigenvalue weighted by Gasteiger charge is -2.35. The molecule has 0 spiro atoms. The van der Waals surface area contributed by atoms with Crippen molar-refractivity contribution in [3.05, 3.63) is 35.9 Å². The van der Waals surface area contributed by atoms with Crippen molar-refractivity contribution in [3.8, 4) is 0 Å². The first-order chi connectivity index (χ1) is 12.7. The number of aliphatic hydroxyl groups is 1. The van der Waals surface area contributed by atoms with Gasteiger partial charge in [0.2, 0.25) is 0 Å². The van der Waals surface area contributed by atoms with E-state index in [0.29, 0.717) is 19.5 Å². The number of rotatable bonds is 5. The monoisotopic (exact) mass is 377 g/mol. The Kier molecular flexibility index (Phi) is 7.21. The first-order valence-corrected chi connectivity index (χ1v) is 9.34. The molecule has 1 aliphatic rings. The summed E-state index contributed by atoms with van der Waals surface area (Å²) in [6, 6.07) is 8.69. The summed E-state index contributed by atoms with van der Waals surface area (Å²) < 4.78 is 5.30. The van der Waals surface area contributed by atoms with Crippen molar-refractivity contribution in [1.82, 2.24) is 15.1 Å². The largest absolute Gasteiger partial charge is 0.444 e. The van der Waals surface area contributed by atoms with Gasteiger partial charge in [-0.15, -0.1) is 0 Å². The fourth-order valence-electron chi connectivity index (χ4n) is 2.95. The minimum absolute atomic E-state index is 0.334. The topological polar surface area (TPSA) is 82.1 Å². The number of carbonyl (C=O) groups is 2. The van der Waals surface area contributed by atoms with Gasteiger partial charge in [0.15, 0.2) is 6.10 Å². The van der Waals surface area contributed by atoms with Crippen LogP contribution in [-0.2, 0) is 16.0 Å². The van der Waals surface area contributed by atoms with Crippen LogP contribution in [0.25, 0.3) is 0 Å². The molecule has 0 radical (unpaired) electrons. The third-order valence-electron chi connectivity index (χ3n) is 4.45. The number of alkyl carbamates (subject to hydrolysis) is 1. The maximum Gasteiger partial charge on any atom is 0.407 e. The van der Waals surface area contributed by atoms with E-state index in [1.807, 2.05) is 37.4 Å². The highest BCUT2D eigenvalue weighted by Crippen LogP contribution is 2.12. The summed E-state index contributed by atoms with van der Waals surface area (Å²) in [5.41, 5.74) is 0.261. The van der Waals surface area contributed by atoms with E-state index in [1.165, 1.54) is 0 Å². The molecule has 2 N–H and O–H groups in total. The molecule has 150 valence electrons. The number of aliphatic hydroxyl groups excluding tert-OH is 1. The highest BCUT2D eigenvalue weighted by atomic mass is 16.6. The molecule has 27 heavy (non-hydrogen) atoms. The van der Waals surface area contributed by atoms with Crippen LogP contribution in [-0.4, -0.2) is 77.9 Å². The van der Waals surface area contributed by atoms with Gasteiger partial charge in [-0.05, 0) is 39.8 Å². The van der Waals surface area contributed by atoms with Crippen molar-refractivity contribution in [2.45, 2.75) is 44.9 Å². The Morgan fingerprint density at radius 3 is 2.30 bits per heavy atom. The van der Waals surface area contributed by atoms with Crippen LogP contribution in [0.2, 0.25) is 0 Å². The molecule has 1 saturated heterocycles. The van der Waals surface area contributed by atoms with Crippen LogP contribution in [0.15, 0.2) is 30.3 Å². The number of hydrogen-bond donors (Lipinski definition) is 2. The number of carbonyl (C=O) groups excluding carboxylic acids is 2. The second-order valence-corrected chi connectivity index (χ2v) is 8.02. The molecule has 2 atom stereocenters. The third-order valence-corrected chi connectivity index (χ3v) is 4.45. The van der Waals surface area contributed by atoms with Gasteiger partial charge < -0.3 is 25.0 Å². The summed E-state index contributed by atoms with van der Waals surface area (Å²) >= 11 is 0. The molecule has 2 rings (SSSR count). The molecule has 1 heterocycles. The van der Waals surface area contributed by atoms with Crippen molar-refractivity contribution in [2.75, 3.05) is 33.2 Å². The van der Waals surface area contributed by atoms with Gasteiger partial charge in [0, 0.05) is 26.2 Å². The van der Waals surface area contributed by atoms with Crippen LogP contribution in [0.3, 0.4) is 0 Å². The van der Waals surface area contributed by atoms with E-state index in [0.717, 1.165) is 18.7 Å². The molecule has 0 bridgehead atoms. The Balaban J connectivity index is 2.09. The average Bonchev–Trinajstić information content (AvgIpc) is 2.60. The summed E-state index contributed by atoms with van der Waals surface area (Å²) in [4.78, 5) is 28.8. The molecule has 7 nitrogen and oxygen atoms in total. The molecule has 1 aromatic carbocycles. The van der Waals surface area contributed by atoms with Crippen LogP contribution in [0.4, 0.5) is 4.79 Å². The number of benzene rings is 1. The second-order valence-electron chi connectivity index (χ2n) is 8.02. The lowest BCUT2D eigenvalue weighted by Crippen LogP contribution is -2.56. The Morgan fingerprint density at radius 1 is 1.15 bits per heavy atom. The van der Waals surface area contributed by atoms with Gasteiger partial charge in [-0.2, -0.15) is 0 Å². The summed E-state index contributed by atoms with van der Waals surface area (Å²) in [6.07, 6.45) is -1.64. The maximum absolute atomic E-state index is 12.8. The molecule has 1 fully saturated rings. The zero-order valence-corrected chi connectivity index (χ0v) is 16.6. The number of piperazine rings is 1. The lowest BCUT2D eigenvalue weighted by atomic mass is 10.00. The van der Waals surface area contributed by atoms with Crippen molar-refractivity contribution < 1.29 is 19.4 Å². The average molecular weight is 377 g/mol. The normalized spacial score (nSPS) is 17.9. The number of amides is 2. The molecule has 0 unspecified atom stereocenters. The maximum atomic E-state index is 12.8. The Morgan fingerprint density at radius 2 is 1.74 bits per heavy atom. The zero-order chi connectivity index (χ0) is 20.0. The Hall–Kier alpha value is -2.12. The molecule has 1 aliphatic heterocycles. The summed E-state index contributed by atoms with van der Waals surface area (Å²) in [7, 11) is 2.00. The van der Waals surface area contributed by atoms with Crippen molar-refractivity contribution in [2.24, 2.45) is 0 Å². The molecule has 0 aromatic heterocycles. The summed E-state index contributed by atoms with van der Waals surface area (Å²) in [6.45, 7) is 7.97.